The van der Waals surface area contributed by atoms with Crippen molar-refractivity contribution >= 4 is 28.2 Å². The van der Waals surface area contributed by atoms with E-state index in [0.29, 0.717) is 44.2 Å². The molecule has 3 aromatic rings. The number of ether oxygens (including phenoxy) is 1. The molecule has 0 unspecified atom stereocenters. The number of thiazole rings is 1. The molecule has 1 amide bonds. The zero-order valence-corrected chi connectivity index (χ0v) is 17.7. The first-order valence-electron chi connectivity index (χ1n) is 9.76. The number of rotatable bonds is 5. The average molecular weight is 429 g/mol. The van der Waals surface area contributed by atoms with Crippen LogP contribution in [0.3, 0.4) is 0 Å². The molecule has 1 aliphatic heterocycles. The van der Waals surface area contributed by atoms with E-state index >= 15 is 0 Å². The molecule has 4 rings (SSSR count). The third-order valence-electron chi connectivity index (χ3n) is 5.18. The van der Waals surface area contributed by atoms with Gasteiger partial charge in [-0.05, 0) is 31.5 Å². The molecular formula is C21H23N3O5S. The minimum absolute atomic E-state index is 0.0268. The highest BCUT2D eigenvalue weighted by atomic mass is 32.1. The van der Waals surface area contributed by atoms with E-state index in [-0.39, 0.29) is 11.7 Å². The Hall–Kier alpha value is -2.75. The number of nitrogens with zero attached hydrogens (tertiary/aromatic N) is 2. The Labute approximate surface area is 177 Å². The van der Waals surface area contributed by atoms with Gasteiger partial charge in [-0.25, -0.2) is 9.78 Å². The van der Waals surface area contributed by atoms with E-state index < -0.39 is 5.63 Å². The van der Waals surface area contributed by atoms with E-state index in [0.717, 1.165) is 32.8 Å². The maximum absolute atomic E-state index is 12.7. The Morgan fingerprint density at radius 1 is 1.30 bits per heavy atom. The van der Waals surface area contributed by atoms with Crippen LogP contribution in [0.5, 0.6) is 5.75 Å². The van der Waals surface area contributed by atoms with Gasteiger partial charge in [0.15, 0.2) is 0 Å². The average Bonchev–Trinajstić information content (AvgIpc) is 3.09. The highest BCUT2D eigenvalue weighted by Gasteiger charge is 2.21. The van der Waals surface area contributed by atoms with Crippen molar-refractivity contribution in [1.29, 1.82) is 0 Å². The Balaban J connectivity index is 1.55. The summed E-state index contributed by atoms with van der Waals surface area (Å²) in [6, 6.07) is 4.65. The predicted molar refractivity (Wildman–Crippen MR) is 114 cm³/mol. The fourth-order valence-corrected chi connectivity index (χ4v) is 4.61. The first-order chi connectivity index (χ1) is 14.4. The molecule has 8 nitrogen and oxygen atoms in total. The summed E-state index contributed by atoms with van der Waals surface area (Å²) in [4.78, 5) is 32.5. The molecule has 2 aromatic heterocycles. The number of amides is 1. The second-order valence-electron chi connectivity index (χ2n) is 7.21. The predicted octanol–water partition coefficient (Wildman–Crippen LogP) is 2.30. The van der Waals surface area contributed by atoms with Crippen LogP contribution < -0.4 is 10.9 Å². The number of aromatic hydroxyl groups is 1. The first kappa shape index (κ1) is 20.5. The van der Waals surface area contributed by atoms with Gasteiger partial charge in [0.2, 0.25) is 0 Å². The summed E-state index contributed by atoms with van der Waals surface area (Å²) in [6.45, 7) is 8.05. The Morgan fingerprint density at radius 3 is 2.83 bits per heavy atom. The maximum atomic E-state index is 12.7. The Kier molecular flexibility index (Phi) is 5.85. The largest absolute Gasteiger partial charge is 0.508 e. The number of benzene rings is 1. The lowest BCUT2D eigenvalue weighted by atomic mass is 10.1. The first-order valence-corrected chi connectivity index (χ1v) is 10.6. The standard InChI is InChI=1S/C21H23N3O5S/c1-12-15-4-3-14(25)11-16(15)29-21(27)17(12)20-23-13(2)18(30-20)19(26)22-5-6-24-7-9-28-10-8-24/h3-4,11,25H,5-10H2,1-2H3,(H,22,26). The van der Waals surface area contributed by atoms with Gasteiger partial charge < -0.3 is 19.6 Å². The van der Waals surface area contributed by atoms with Crippen LogP contribution >= 0.6 is 11.3 Å². The van der Waals surface area contributed by atoms with Crippen LogP contribution in [0, 0.1) is 13.8 Å². The molecule has 0 aliphatic carbocycles. The zero-order valence-electron chi connectivity index (χ0n) is 16.9. The van der Waals surface area contributed by atoms with E-state index in [1.54, 1.807) is 19.1 Å². The second kappa shape index (κ2) is 8.55. The number of nitrogens with one attached hydrogen (secondary N) is 1. The van der Waals surface area contributed by atoms with Crippen LogP contribution in [0.1, 0.15) is 20.9 Å². The lowest BCUT2D eigenvalue weighted by Crippen LogP contribution is -2.41. The lowest BCUT2D eigenvalue weighted by Gasteiger charge is -2.26. The summed E-state index contributed by atoms with van der Waals surface area (Å²) in [7, 11) is 0. The molecule has 0 bridgehead atoms. The van der Waals surface area contributed by atoms with Crippen LogP contribution in [0.15, 0.2) is 27.4 Å². The van der Waals surface area contributed by atoms with E-state index in [4.69, 9.17) is 9.15 Å². The topological polar surface area (TPSA) is 105 Å². The number of carbonyl (C=O) groups is 1. The molecule has 9 heteroatoms. The van der Waals surface area contributed by atoms with Crippen LogP contribution in [-0.4, -0.2) is 60.3 Å². The zero-order chi connectivity index (χ0) is 21.3. The van der Waals surface area contributed by atoms with Crippen LogP contribution in [0.4, 0.5) is 0 Å². The monoisotopic (exact) mass is 429 g/mol. The van der Waals surface area contributed by atoms with E-state index in [1.807, 2.05) is 6.92 Å². The van der Waals surface area contributed by atoms with Crippen molar-refractivity contribution in [1.82, 2.24) is 15.2 Å². The highest BCUT2D eigenvalue weighted by molar-refractivity contribution is 7.17. The molecule has 158 valence electrons. The minimum atomic E-state index is -0.543. The Morgan fingerprint density at radius 2 is 2.07 bits per heavy atom. The quantitative estimate of drug-likeness (QED) is 0.600. The number of carbonyl (C=O) groups excluding carboxylic acids is 1. The molecule has 0 saturated carbocycles. The van der Waals surface area contributed by atoms with Gasteiger partial charge in [-0.2, -0.15) is 0 Å². The number of aryl methyl sites for hydroxylation is 2. The normalized spacial score (nSPS) is 14.9. The van der Waals surface area contributed by atoms with Crippen molar-refractivity contribution in [2.75, 3.05) is 39.4 Å². The SMILES string of the molecule is Cc1nc(-c2c(C)c3ccc(O)cc3oc2=O)sc1C(=O)NCCN1CCOCC1. The van der Waals surface area contributed by atoms with E-state index in [9.17, 15) is 14.7 Å². The smallest absolute Gasteiger partial charge is 0.346 e. The van der Waals surface area contributed by atoms with Gasteiger partial charge in [0.25, 0.3) is 5.91 Å². The molecule has 1 aromatic carbocycles. The fraction of sp³-hybridized carbons (Fsp3) is 0.381. The summed E-state index contributed by atoms with van der Waals surface area (Å²) < 4.78 is 10.7. The van der Waals surface area contributed by atoms with E-state index in [2.05, 4.69) is 15.2 Å². The summed E-state index contributed by atoms with van der Waals surface area (Å²) in [5.74, 6) is -0.170. The number of phenolic OH excluding ortho intramolecular Hbond substituents is 1. The van der Waals surface area contributed by atoms with Gasteiger partial charge in [-0.1, -0.05) is 0 Å². The van der Waals surface area contributed by atoms with Gasteiger partial charge in [0.05, 0.1) is 24.5 Å². The molecule has 1 saturated heterocycles. The molecule has 0 radical (unpaired) electrons. The van der Waals surface area contributed by atoms with Gasteiger partial charge in [0, 0.05) is 37.6 Å². The molecule has 2 N–H and O–H groups in total. The molecule has 1 fully saturated rings. The third-order valence-corrected chi connectivity index (χ3v) is 6.36. The van der Waals surface area contributed by atoms with Crippen molar-refractivity contribution in [3.8, 4) is 16.3 Å². The molecule has 3 heterocycles. The summed E-state index contributed by atoms with van der Waals surface area (Å²) in [5.41, 5.74) is 1.39. The number of hydrogen-bond donors (Lipinski definition) is 2. The summed E-state index contributed by atoms with van der Waals surface area (Å²) >= 11 is 1.18. The van der Waals surface area contributed by atoms with Crippen molar-refractivity contribution in [2.24, 2.45) is 0 Å². The number of phenols is 1. The molecular weight excluding hydrogens is 406 g/mol. The van der Waals surface area contributed by atoms with Gasteiger partial charge in [-0.15, -0.1) is 11.3 Å². The second-order valence-corrected chi connectivity index (χ2v) is 8.21. The van der Waals surface area contributed by atoms with Gasteiger partial charge >= 0.3 is 5.63 Å². The number of aromatic nitrogens is 1. The lowest BCUT2D eigenvalue weighted by molar-refractivity contribution is 0.0383. The van der Waals surface area contributed by atoms with Crippen LogP contribution in [0.25, 0.3) is 21.5 Å². The van der Waals surface area contributed by atoms with Gasteiger partial charge in [0.1, 0.15) is 21.2 Å². The molecule has 0 atom stereocenters. The number of hydrogen-bond acceptors (Lipinski definition) is 8. The summed E-state index contributed by atoms with van der Waals surface area (Å²) in [6.07, 6.45) is 0. The number of morpholine rings is 1. The molecule has 30 heavy (non-hydrogen) atoms. The molecule has 1 aliphatic rings. The van der Waals surface area contributed by atoms with Crippen molar-refractivity contribution in [3.05, 3.63) is 44.8 Å². The number of fused-ring (bicyclic) bond motifs is 1. The van der Waals surface area contributed by atoms with Crippen LogP contribution in [0.2, 0.25) is 0 Å². The maximum Gasteiger partial charge on any atom is 0.346 e. The van der Waals surface area contributed by atoms with Crippen LogP contribution in [-0.2, 0) is 4.74 Å². The minimum Gasteiger partial charge on any atom is -0.508 e. The Bertz CT molecular complexity index is 1150. The fourth-order valence-electron chi connectivity index (χ4n) is 3.54. The van der Waals surface area contributed by atoms with Crippen molar-refractivity contribution in [2.45, 2.75) is 13.8 Å². The van der Waals surface area contributed by atoms with Crippen molar-refractivity contribution in [3.63, 3.8) is 0 Å². The molecule has 0 spiro atoms. The van der Waals surface area contributed by atoms with E-state index in [1.165, 1.54) is 17.4 Å². The van der Waals surface area contributed by atoms with Gasteiger partial charge in [-0.3, -0.25) is 9.69 Å². The summed E-state index contributed by atoms with van der Waals surface area (Å²) in [5, 5.41) is 13.7. The van der Waals surface area contributed by atoms with Crippen molar-refractivity contribution < 1.29 is 19.1 Å². The third kappa shape index (κ3) is 4.09. The highest BCUT2D eigenvalue weighted by Crippen LogP contribution is 2.32.